The van der Waals surface area contributed by atoms with Gasteiger partial charge in [-0.1, -0.05) is 23.7 Å². The lowest BCUT2D eigenvalue weighted by atomic mass is 10.1. The number of hydroxylamine groups is 1. The molecule has 0 aliphatic rings. The number of carboxylic acids is 2. The van der Waals surface area contributed by atoms with Crippen molar-refractivity contribution < 1.29 is 64.1 Å². The normalized spacial score (nSPS) is 12.5. The number of sulfonamides is 1. The highest BCUT2D eigenvalue weighted by Gasteiger charge is 2.38. The van der Waals surface area contributed by atoms with Gasteiger partial charge in [-0.3, -0.25) is 15.0 Å². The number of benzene rings is 2. The third kappa shape index (κ3) is 12.8. The number of nitrogens with one attached hydrogen (secondary N) is 3. The number of guanidine groups is 1. The third-order valence-electron chi connectivity index (χ3n) is 4.59. The first-order valence-corrected chi connectivity index (χ1v) is 13.0. The maximum absolute atomic E-state index is 13.0. The van der Waals surface area contributed by atoms with Crippen LogP contribution in [0.5, 0.6) is 5.75 Å². The summed E-state index contributed by atoms with van der Waals surface area (Å²) in [5.74, 6) is -4.17. The second-order valence-corrected chi connectivity index (χ2v) is 9.96. The number of hydrogen-bond donors (Lipinski definition) is 6. The molecule has 0 unspecified atom stereocenters. The summed E-state index contributed by atoms with van der Waals surface area (Å²) in [6.07, 6.45) is -9.72. The van der Waals surface area contributed by atoms with E-state index in [1.54, 1.807) is 12.1 Å². The minimum Gasteiger partial charge on any atom is -0.494 e. The van der Waals surface area contributed by atoms with Crippen LogP contribution in [0.15, 0.2) is 47.4 Å². The van der Waals surface area contributed by atoms with E-state index in [0.29, 0.717) is 29.9 Å². The molecular weight excluding hydrogens is 630 g/mol. The molecule has 12 nitrogen and oxygen atoms in total. The number of aliphatic carboxylic acids is 2. The van der Waals surface area contributed by atoms with Gasteiger partial charge in [-0.2, -0.15) is 31.1 Å². The van der Waals surface area contributed by atoms with Crippen LogP contribution in [0, 0.1) is 5.41 Å². The fourth-order valence-corrected chi connectivity index (χ4v) is 4.44. The van der Waals surface area contributed by atoms with Crippen molar-refractivity contribution in [2.24, 2.45) is 5.73 Å². The first kappa shape index (κ1) is 36.2. The zero-order valence-electron chi connectivity index (χ0n) is 20.9. The van der Waals surface area contributed by atoms with Crippen molar-refractivity contribution in [1.82, 2.24) is 10.2 Å². The molecule has 0 spiro atoms. The van der Waals surface area contributed by atoms with Crippen molar-refractivity contribution in [2.75, 3.05) is 13.2 Å². The topological polar surface area (TPSA) is 201 Å². The monoisotopic (exact) mass is 652 g/mol. The van der Waals surface area contributed by atoms with Crippen molar-refractivity contribution in [3.05, 3.63) is 58.6 Å². The molecule has 0 aliphatic carbocycles. The van der Waals surface area contributed by atoms with Gasteiger partial charge < -0.3 is 20.7 Å². The molecule has 20 heteroatoms. The number of ether oxygens (including phenoxy) is 1. The molecule has 2 aromatic carbocycles. The quantitative estimate of drug-likeness (QED) is 0.0650. The van der Waals surface area contributed by atoms with Crippen molar-refractivity contribution >= 4 is 39.5 Å². The van der Waals surface area contributed by atoms with E-state index in [0.717, 1.165) is 6.07 Å². The Kier molecular flexibility index (Phi) is 13.3. The van der Waals surface area contributed by atoms with Crippen LogP contribution in [0.25, 0.3) is 0 Å². The van der Waals surface area contributed by atoms with Crippen molar-refractivity contribution in [2.45, 2.75) is 36.1 Å². The molecule has 7 N–H and O–H groups in total. The van der Waals surface area contributed by atoms with E-state index in [1.807, 2.05) is 4.72 Å². The van der Waals surface area contributed by atoms with Crippen molar-refractivity contribution in [3.63, 3.8) is 0 Å². The Morgan fingerprint density at radius 1 is 1.02 bits per heavy atom. The fourth-order valence-electron chi connectivity index (χ4n) is 2.72. The van der Waals surface area contributed by atoms with Crippen LogP contribution >= 0.6 is 11.6 Å². The predicted molar refractivity (Wildman–Crippen MR) is 133 cm³/mol. The Bertz CT molecular complexity index is 1340. The zero-order valence-corrected chi connectivity index (χ0v) is 22.5. The molecule has 0 amide bonds. The van der Waals surface area contributed by atoms with Crippen LogP contribution in [-0.2, 0) is 37.0 Å². The molecule has 0 aliphatic heterocycles. The first-order chi connectivity index (χ1) is 19.2. The summed E-state index contributed by atoms with van der Waals surface area (Å²) in [4.78, 5) is 24.5. The first-order valence-electron chi connectivity index (χ1n) is 11.1. The highest BCUT2D eigenvalue weighted by molar-refractivity contribution is 7.89. The molecule has 2 rings (SSSR count). The SMILES string of the molecule is N=C(N)NOCCCOc1ccc(C[C@H](NS(=O)(=O)c2cc(C(F)(F)F)ccc2Cl)C(=O)O)cc1.O=C(O)C(F)(F)F. The van der Waals surface area contributed by atoms with E-state index in [4.69, 9.17) is 42.2 Å². The van der Waals surface area contributed by atoms with Gasteiger partial charge >= 0.3 is 24.3 Å². The van der Waals surface area contributed by atoms with Crippen LogP contribution in [-0.4, -0.2) is 62.0 Å². The number of hydrogen-bond acceptors (Lipinski definition) is 7. The van der Waals surface area contributed by atoms with Gasteiger partial charge in [-0.15, -0.1) is 0 Å². The van der Waals surface area contributed by atoms with E-state index in [9.17, 15) is 44.7 Å². The zero-order chi connectivity index (χ0) is 32.3. The summed E-state index contributed by atoms with van der Waals surface area (Å²) < 4.78 is 103. The molecule has 0 aromatic heterocycles. The standard InChI is InChI=1S/C20H22ClF3N4O6S.C2HF3O2/c21-15-7-4-13(20(22,23)24)11-17(15)35(31,32)28-16(18(29)30)10-12-2-5-14(6-3-12)33-8-1-9-34-27-19(25)26;3-2(4,5)1(6)7/h2-7,11,16,28H,1,8-10H2,(H,29,30)(H4,25,26,27);(H,6,7)/t16-;/m0./s1. The molecule has 234 valence electrons. The van der Waals surface area contributed by atoms with Crippen LogP contribution in [0.4, 0.5) is 26.3 Å². The number of alkyl halides is 6. The molecule has 1 atom stereocenters. The molecular formula is C22H23ClF6N4O8S. The highest BCUT2D eigenvalue weighted by atomic mass is 35.5. The Morgan fingerprint density at radius 2 is 1.60 bits per heavy atom. The van der Waals surface area contributed by atoms with Crippen LogP contribution in [0.3, 0.4) is 0 Å². The molecule has 0 fully saturated rings. The second kappa shape index (κ2) is 15.4. The van der Waals surface area contributed by atoms with Gasteiger partial charge in [-0.25, -0.2) is 18.7 Å². The summed E-state index contributed by atoms with van der Waals surface area (Å²) in [5, 5.41) is 23.0. The highest BCUT2D eigenvalue weighted by Crippen LogP contribution is 2.33. The largest absolute Gasteiger partial charge is 0.494 e. The fraction of sp³-hybridized carbons (Fsp3) is 0.318. The van der Waals surface area contributed by atoms with Gasteiger partial charge in [0.25, 0.3) is 0 Å². The Balaban J connectivity index is 0.00000112. The number of halogens is 7. The van der Waals surface area contributed by atoms with Crippen LogP contribution in [0.1, 0.15) is 17.5 Å². The summed E-state index contributed by atoms with van der Waals surface area (Å²) in [6.45, 7) is 0.502. The average molecular weight is 653 g/mol. The Morgan fingerprint density at radius 3 is 2.07 bits per heavy atom. The van der Waals surface area contributed by atoms with E-state index < -0.39 is 55.8 Å². The lowest BCUT2D eigenvalue weighted by Crippen LogP contribution is -2.42. The maximum Gasteiger partial charge on any atom is 0.490 e. The summed E-state index contributed by atoms with van der Waals surface area (Å²) in [7, 11) is -4.70. The number of rotatable bonds is 12. The van der Waals surface area contributed by atoms with Crippen molar-refractivity contribution in [1.29, 1.82) is 5.41 Å². The summed E-state index contributed by atoms with van der Waals surface area (Å²) >= 11 is 5.78. The molecule has 42 heavy (non-hydrogen) atoms. The lowest BCUT2D eigenvalue weighted by Gasteiger charge is -2.17. The van der Waals surface area contributed by atoms with E-state index in [2.05, 4.69) is 5.48 Å². The minimum atomic E-state index is -5.08. The lowest BCUT2D eigenvalue weighted by molar-refractivity contribution is -0.192. The van der Waals surface area contributed by atoms with Crippen LogP contribution in [0.2, 0.25) is 5.02 Å². The molecule has 0 bridgehead atoms. The Labute approximate surface area is 238 Å². The Hall–Kier alpha value is -3.81. The van der Waals surface area contributed by atoms with Crippen molar-refractivity contribution in [3.8, 4) is 5.75 Å². The van der Waals surface area contributed by atoms with Gasteiger partial charge in [-0.05, 0) is 42.3 Å². The molecule has 0 saturated heterocycles. The number of carbonyl (C=O) groups is 2. The van der Waals surface area contributed by atoms with Gasteiger partial charge in [0, 0.05) is 6.42 Å². The van der Waals surface area contributed by atoms with Crippen LogP contribution < -0.4 is 20.7 Å². The molecule has 2 aromatic rings. The van der Waals surface area contributed by atoms with E-state index in [-0.39, 0.29) is 25.6 Å². The van der Waals surface area contributed by atoms with Gasteiger partial charge in [0.15, 0.2) is 0 Å². The van der Waals surface area contributed by atoms with E-state index >= 15 is 0 Å². The third-order valence-corrected chi connectivity index (χ3v) is 6.54. The molecule has 0 heterocycles. The minimum absolute atomic E-state index is 0.230. The number of carboxylic acid groups (broad SMARTS) is 2. The number of nitrogens with two attached hydrogens (primary N) is 1. The van der Waals surface area contributed by atoms with E-state index in [1.165, 1.54) is 12.1 Å². The molecule has 0 saturated carbocycles. The predicted octanol–water partition coefficient (Wildman–Crippen LogP) is 3.15. The summed E-state index contributed by atoms with van der Waals surface area (Å²) in [5.41, 5.74) is 6.40. The van der Waals surface area contributed by atoms with Gasteiger partial charge in [0.05, 0.1) is 23.8 Å². The summed E-state index contributed by atoms with van der Waals surface area (Å²) in [6, 6.07) is 6.19. The average Bonchev–Trinajstić information content (AvgIpc) is 2.85. The molecule has 0 radical (unpaired) electrons. The maximum atomic E-state index is 13.0. The smallest absolute Gasteiger partial charge is 0.490 e. The second-order valence-electron chi connectivity index (χ2n) is 7.87. The van der Waals surface area contributed by atoms with Gasteiger partial charge in [0.1, 0.15) is 16.7 Å². The van der Waals surface area contributed by atoms with Gasteiger partial charge in [0.2, 0.25) is 16.0 Å².